The maximum atomic E-state index is 12.7. The first-order valence-electron chi connectivity index (χ1n) is 9.67. The minimum atomic E-state index is -0.482. The van der Waals surface area contributed by atoms with E-state index in [1.807, 2.05) is 66.9 Å². The van der Waals surface area contributed by atoms with E-state index in [-0.39, 0.29) is 18.1 Å². The number of fused-ring (bicyclic) bond motifs is 1. The van der Waals surface area contributed by atoms with E-state index in [9.17, 15) is 14.9 Å². The number of para-hydroxylation sites is 1. The lowest BCUT2D eigenvalue weighted by Gasteiger charge is -2.08. The third-order valence-corrected chi connectivity index (χ3v) is 4.80. The van der Waals surface area contributed by atoms with Crippen LogP contribution in [-0.2, 0) is 20.9 Å². The average molecular weight is 401 g/mol. The number of nitrogens with zero attached hydrogens (tertiary/aromatic N) is 2. The van der Waals surface area contributed by atoms with Crippen molar-refractivity contribution in [3.63, 3.8) is 0 Å². The van der Waals surface area contributed by atoms with E-state index in [1.165, 1.54) is 0 Å². The summed E-state index contributed by atoms with van der Waals surface area (Å²) in [4.78, 5) is 24.8. The van der Waals surface area contributed by atoms with Crippen LogP contribution in [0.1, 0.15) is 23.7 Å². The number of hydrogen-bond donors (Lipinski definition) is 1. The van der Waals surface area contributed by atoms with Gasteiger partial charge in [0.05, 0.1) is 6.61 Å². The zero-order chi connectivity index (χ0) is 21.7. The summed E-state index contributed by atoms with van der Waals surface area (Å²) in [6, 6.07) is 16.9. The molecule has 30 heavy (non-hydrogen) atoms. The molecule has 1 N–H and O–H groups in total. The highest BCUT2D eigenvalue weighted by Gasteiger charge is 2.17. The second kappa shape index (κ2) is 9.10. The van der Waals surface area contributed by atoms with Crippen molar-refractivity contribution in [1.29, 1.82) is 5.26 Å². The number of hydrogen-bond acceptors (Lipinski definition) is 4. The summed E-state index contributed by atoms with van der Waals surface area (Å²) in [6.07, 6.45) is 1.57. The van der Waals surface area contributed by atoms with Gasteiger partial charge < -0.3 is 14.6 Å². The van der Waals surface area contributed by atoms with Gasteiger partial charge in [-0.25, -0.2) is 0 Å². The number of rotatable bonds is 6. The van der Waals surface area contributed by atoms with Crippen LogP contribution in [0.4, 0.5) is 5.69 Å². The monoisotopic (exact) mass is 401 g/mol. The maximum Gasteiger partial charge on any atom is 0.325 e. The van der Waals surface area contributed by atoms with Crippen molar-refractivity contribution in [2.75, 3.05) is 11.9 Å². The van der Waals surface area contributed by atoms with Gasteiger partial charge in [-0.3, -0.25) is 9.59 Å². The molecule has 1 heterocycles. The third-order valence-electron chi connectivity index (χ3n) is 4.80. The number of aryl methyl sites for hydroxylation is 1. The lowest BCUT2D eigenvalue weighted by molar-refractivity contribution is -0.143. The fourth-order valence-corrected chi connectivity index (χ4v) is 3.39. The molecule has 0 unspecified atom stereocenters. The van der Waals surface area contributed by atoms with Crippen LogP contribution in [0, 0.1) is 25.2 Å². The van der Waals surface area contributed by atoms with Gasteiger partial charge in [0.25, 0.3) is 5.91 Å². The average Bonchev–Trinajstić information content (AvgIpc) is 2.97. The maximum absolute atomic E-state index is 12.7. The number of nitriles is 1. The van der Waals surface area contributed by atoms with Gasteiger partial charge in [0.2, 0.25) is 0 Å². The number of nitrogens with one attached hydrogen (secondary N) is 1. The van der Waals surface area contributed by atoms with Crippen LogP contribution in [0.5, 0.6) is 0 Å². The van der Waals surface area contributed by atoms with E-state index in [1.54, 1.807) is 19.1 Å². The summed E-state index contributed by atoms with van der Waals surface area (Å²) < 4.78 is 6.92. The van der Waals surface area contributed by atoms with E-state index in [4.69, 9.17) is 4.74 Å². The Morgan fingerprint density at radius 3 is 2.63 bits per heavy atom. The molecule has 0 fully saturated rings. The molecule has 0 saturated heterocycles. The van der Waals surface area contributed by atoms with Crippen LogP contribution in [-0.4, -0.2) is 23.1 Å². The van der Waals surface area contributed by atoms with Crippen molar-refractivity contribution in [2.45, 2.75) is 27.3 Å². The highest BCUT2D eigenvalue weighted by atomic mass is 16.5. The number of esters is 1. The summed E-state index contributed by atoms with van der Waals surface area (Å²) in [5.41, 5.74) is 3.96. The molecule has 0 aliphatic rings. The van der Waals surface area contributed by atoms with Crippen molar-refractivity contribution in [3.8, 4) is 6.07 Å². The van der Waals surface area contributed by atoms with Crippen LogP contribution >= 0.6 is 0 Å². The van der Waals surface area contributed by atoms with Gasteiger partial charge in [0.1, 0.15) is 18.2 Å². The first-order valence-corrected chi connectivity index (χ1v) is 9.67. The SMILES string of the molecule is CCOC(=O)Cn1c(C)c(/C=C(\C#N)C(=O)Nc2cccc(C)c2)c2ccccc21. The molecule has 1 amide bonds. The molecule has 0 aliphatic heterocycles. The zero-order valence-electron chi connectivity index (χ0n) is 17.2. The van der Waals surface area contributed by atoms with E-state index in [0.717, 1.165) is 27.7 Å². The molecule has 0 saturated carbocycles. The highest BCUT2D eigenvalue weighted by molar-refractivity contribution is 6.11. The molecule has 3 aromatic rings. The minimum Gasteiger partial charge on any atom is -0.465 e. The molecule has 152 valence electrons. The number of benzene rings is 2. The Balaban J connectivity index is 2.01. The van der Waals surface area contributed by atoms with Crippen LogP contribution < -0.4 is 5.32 Å². The summed E-state index contributed by atoms with van der Waals surface area (Å²) in [5, 5.41) is 13.2. The van der Waals surface area contributed by atoms with Crippen LogP contribution in [0.3, 0.4) is 0 Å². The van der Waals surface area contributed by atoms with Crippen molar-refractivity contribution < 1.29 is 14.3 Å². The molecule has 0 atom stereocenters. The standard InChI is InChI=1S/C24H23N3O3/c1-4-30-23(28)15-27-17(3)21(20-10-5-6-11-22(20)27)13-18(14-25)24(29)26-19-9-7-8-16(2)12-19/h5-13H,4,15H2,1-3H3,(H,26,29)/b18-13+. The molecule has 0 bridgehead atoms. The topological polar surface area (TPSA) is 84.1 Å². The number of carbonyl (C=O) groups excluding carboxylic acids is 2. The van der Waals surface area contributed by atoms with Gasteiger partial charge in [-0.05, 0) is 50.6 Å². The van der Waals surface area contributed by atoms with Gasteiger partial charge in [-0.15, -0.1) is 0 Å². The van der Waals surface area contributed by atoms with Crippen LogP contribution in [0.25, 0.3) is 17.0 Å². The lowest BCUT2D eigenvalue weighted by Crippen LogP contribution is -2.14. The number of amides is 1. The Hall–Kier alpha value is -3.85. The van der Waals surface area contributed by atoms with Crippen molar-refractivity contribution in [3.05, 3.63) is 70.9 Å². The normalized spacial score (nSPS) is 11.2. The summed E-state index contributed by atoms with van der Waals surface area (Å²) in [5.74, 6) is -0.820. The molecule has 6 nitrogen and oxygen atoms in total. The van der Waals surface area contributed by atoms with E-state index in [0.29, 0.717) is 12.3 Å². The molecular weight excluding hydrogens is 378 g/mol. The van der Waals surface area contributed by atoms with E-state index < -0.39 is 5.91 Å². The van der Waals surface area contributed by atoms with Gasteiger partial charge >= 0.3 is 5.97 Å². The number of carbonyl (C=O) groups is 2. The van der Waals surface area contributed by atoms with E-state index >= 15 is 0 Å². The largest absolute Gasteiger partial charge is 0.465 e. The fraction of sp³-hybridized carbons (Fsp3) is 0.208. The van der Waals surface area contributed by atoms with Crippen LogP contribution in [0.15, 0.2) is 54.1 Å². The second-order valence-corrected chi connectivity index (χ2v) is 6.90. The second-order valence-electron chi connectivity index (χ2n) is 6.90. The third kappa shape index (κ3) is 4.41. The summed E-state index contributed by atoms with van der Waals surface area (Å²) >= 11 is 0. The fourth-order valence-electron chi connectivity index (χ4n) is 3.39. The molecular formula is C24H23N3O3. The van der Waals surface area contributed by atoms with Crippen molar-refractivity contribution in [2.24, 2.45) is 0 Å². The van der Waals surface area contributed by atoms with Gasteiger partial charge in [-0.2, -0.15) is 5.26 Å². The molecule has 1 aromatic heterocycles. The Bertz CT molecular complexity index is 1180. The molecule has 2 aromatic carbocycles. The Kier molecular flexibility index (Phi) is 6.33. The Morgan fingerprint density at radius 1 is 1.17 bits per heavy atom. The number of aromatic nitrogens is 1. The molecule has 6 heteroatoms. The molecule has 0 aliphatic carbocycles. The van der Waals surface area contributed by atoms with E-state index in [2.05, 4.69) is 5.32 Å². The Labute approximate surface area is 175 Å². The Morgan fingerprint density at radius 2 is 1.93 bits per heavy atom. The van der Waals surface area contributed by atoms with Gasteiger partial charge in [0.15, 0.2) is 0 Å². The van der Waals surface area contributed by atoms with Gasteiger partial charge in [0, 0.05) is 27.8 Å². The highest BCUT2D eigenvalue weighted by Crippen LogP contribution is 2.28. The minimum absolute atomic E-state index is 0.0151. The predicted molar refractivity (Wildman–Crippen MR) is 117 cm³/mol. The lowest BCUT2D eigenvalue weighted by atomic mass is 10.1. The first-order chi connectivity index (χ1) is 14.4. The van der Waals surface area contributed by atoms with Crippen molar-refractivity contribution >= 4 is 34.5 Å². The first kappa shape index (κ1) is 20.9. The van der Waals surface area contributed by atoms with Crippen molar-refractivity contribution in [1.82, 2.24) is 4.57 Å². The van der Waals surface area contributed by atoms with Crippen LogP contribution in [0.2, 0.25) is 0 Å². The zero-order valence-corrected chi connectivity index (χ0v) is 17.2. The number of ether oxygens (including phenoxy) is 1. The molecule has 0 radical (unpaired) electrons. The predicted octanol–water partition coefficient (Wildman–Crippen LogP) is 4.37. The summed E-state index contributed by atoms with van der Waals surface area (Å²) in [7, 11) is 0. The van der Waals surface area contributed by atoms with Gasteiger partial charge in [-0.1, -0.05) is 30.3 Å². The number of anilines is 1. The molecule has 3 rings (SSSR count). The summed E-state index contributed by atoms with van der Waals surface area (Å²) in [6.45, 7) is 5.92. The smallest absolute Gasteiger partial charge is 0.325 e. The molecule has 0 spiro atoms. The quantitative estimate of drug-likeness (QED) is 0.378.